The molecule has 5 heteroatoms. The summed E-state index contributed by atoms with van der Waals surface area (Å²) in [5.74, 6) is -0.284. The van der Waals surface area contributed by atoms with Crippen LogP contribution in [0.5, 0.6) is 0 Å². The monoisotopic (exact) mass is 371 g/mol. The third-order valence-corrected chi connectivity index (χ3v) is 6.04. The van der Waals surface area contributed by atoms with Gasteiger partial charge in [0.05, 0.1) is 10.8 Å². The predicted molar refractivity (Wildman–Crippen MR) is 102 cm³/mol. The van der Waals surface area contributed by atoms with Crippen molar-refractivity contribution in [1.82, 2.24) is 4.90 Å². The molecule has 0 bridgehead atoms. The van der Waals surface area contributed by atoms with E-state index < -0.39 is 10.8 Å². The summed E-state index contributed by atoms with van der Waals surface area (Å²) >= 11 is 0. The number of carbonyl (C=O) groups is 1. The van der Waals surface area contributed by atoms with Crippen molar-refractivity contribution in [2.75, 3.05) is 19.6 Å². The summed E-state index contributed by atoms with van der Waals surface area (Å²) in [6.07, 6.45) is 4.05. The third-order valence-electron chi connectivity index (χ3n) is 4.49. The van der Waals surface area contributed by atoms with E-state index in [-0.39, 0.29) is 11.6 Å². The van der Waals surface area contributed by atoms with E-state index in [2.05, 4.69) is 11.0 Å². The summed E-state index contributed by atoms with van der Waals surface area (Å²) in [6.45, 7) is 2.45. The quantitative estimate of drug-likeness (QED) is 0.685. The molecule has 0 radical (unpaired) electrons. The minimum Gasteiger partial charge on any atom is -0.299 e. The third kappa shape index (κ3) is 4.96. The van der Waals surface area contributed by atoms with Gasteiger partial charge >= 0.3 is 0 Å². The lowest BCUT2D eigenvalue weighted by Crippen LogP contribution is -2.30. The molecule has 0 spiro atoms. The Labute approximate surface area is 156 Å². The molecule has 0 amide bonds. The van der Waals surface area contributed by atoms with Crippen LogP contribution in [0.2, 0.25) is 0 Å². The molecule has 1 unspecified atom stereocenters. The van der Waals surface area contributed by atoms with E-state index in [9.17, 15) is 13.4 Å². The number of rotatable bonds is 7. The van der Waals surface area contributed by atoms with Gasteiger partial charge in [0.1, 0.15) is 5.82 Å². The van der Waals surface area contributed by atoms with E-state index in [0.717, 1.165) is 42.3 Å². The number of nitrogens with zero attached hydrogens (tertiary/aromatic N) is 1. The van der Waals surface area contributed by atoms with Crippen LogP contribution in [0, 0.1) is 5.82 Å². The van der Waals surface area contributed by atoms with Gasteiger partial charge in [-0.25, -0.2) is 8.60 Å². The summed E-state index contributed by atoms with van der Waals surface area (Å²) in [7, 11) is -1.08. The zero-order chi connectivity index (χ0) is 18.4. The molecular weight excluding hydrogens is 349 g/mol. The van der Waals surface area contributed by atoms with E-state index >= 15 is 0 Å². The highest BCUT2D eigenvalue weighted by atomic mass is 32.2. The van der Waals surface area contributed by atoms with Crippen LogP contribution < -0.4 is 0 Å². The SMILES string of the molecule is O=C(CCCN1CC=C(S(=O)c2ccccc2)CC1)c1ccc(F)cc1. The van der Waals surface area contributed by atoms with Crippen LogP contribution in [0.1, 0.15) is 29.6 Å². The Bertz CT molecular complexity index is 803. The summed E-state index contributed by atoms with van der Waals surface area (Å²) in [4.78, 5) is 16.2. The van der Waals surface area contributed by atoms with Crippen molar-refractivity contribution in [1.29, 1.82) is 0 Å². The van der Waals surface area contributed by atoms with E-state index in [1.807, 2.05) is 30.3 Å². The normalized spacial score (nSPS) is 16.1. The molecule has 3 nitrogen and oxygen atoms in total. The average molecular weight is 371 g/mol. The fourth-order valence-corrected chi connectivity index (χ4v) is 4.21. The van der Waals surface area contributed by atoms with Gasteiger partial charge < -0.3 is 0 Å². The number of halogens is 1. The molecule has 26 heavy (non-hydrogen) atoms. The molecular formula is C21H22FNO2S. The van der Waals surface area contributed by atoms with Crippen LogP contribution >= 0.6 is 0 Å². The fraction of sp³-hybridized carbons (Fsp3) is 0.286. The minimum atomic E-state index is -1.08. The Morgan fingerprint density at radius 1 is 1.08 bits per heavy atom. The van der Waals surface area contributed by atoms with Crippen LogP contribution in [0.15, 0.2) is 70.5 Å². The lowest BCUT2D eigenvalue weighted by Gasteiger charge is -2.25. The van der Waals surface area contributed by atoms with Gasteiger partial charge in [-0.05, 0) is 55.8 Å². The van der Waals surface area contributed by atoms with Crippen molar-refractivity contribution in [3.8, 4) is 0 Å². The maximum Gasteiger partial charge on any atom is 0.162 e. The van der Waals surface area contributed by atoms with Crippen LogP contribution in [0.3, 0.4) is 0 Å². The highest BCUT2D eigenvalue weighted by molar-refractivity contribution is 7.89. The first-order chi connectivity index (χ1) is 12.6. The Morgan fingerprint density at radius 3 is 2.46 bits per heavy atom. The molecule has 0 N–H and O–H groups in total. The fourth-order valence-electron chi connectivity index (χ4n) is 3.00. The molecule has 136 valence electrons. The molecule has 3 rings (SSSR count). The standard InChI is InChI=1S/C21H22FNO2S/c22-18-10-8-17(9-11-18)21(24)7-4-14-23-15-12-20(13-16-23)26(25)19-5-2-1-3-6-19/h1-3,5-6,8-12H,4,7,13-16H2. The summed E-state index contributed by atoms with van der Waals surface area (Å²) in [5, 5.41) is 0. The molecule has 1 heterocycles. The Kier molecular flexibility index (Phi) is 6.47. The van der Waals surface area contributed by atoms with Gasteiger partial charge in [0.15, 0.2) is 5.78 Å². The number of ketones is 1. The molecule has 0 fully saturated rings. The first-order valence-electron chi connectivity index (χ1n) is 8.80. The van der Waals surface area contributed by atoms with Crippen molar-refractivity contribution >= 4 is 16.6 Å². The number of hydrogen-bond acceptors (Lipinski definition) is 3. The largest absolute Gasteiger partial charge is 0.299 e. The van der Waals surface area contributed by atoms with Crippen molar-refractivity contribution in [3.05, 3.63) is 77.0 Å². The molecule has 0 aromatic heterocycles. The van der Waals surface area contributed by atoms with Gasteiger partial charge in [0, 0.05) is 34.9 Å². The van der Waals surface area contributed by atoms with Crippen molar-refractivity contribution < 1.29 is 13.4 Å². The average Bonchev–Trinajstić information content (AvgIpc) is 2.69. The van der Waals surface area contributed by atoms with Crippen LogP contribution in [-0.2, 0) is 10.8 Å². The Hall–Kier alpha value is -2.11. The molecule has 1 aliphatic rings. The van der Waals surface area contributed by atoms with Gasteiger partial charge in [0.25, 0.3) is 0 Å². The highest BCUT2D eigenvalue weighted by Gasteiger charge is 2.17. The summed E-state index contributed by atoms with van der Waals surface area (Å²) in [6, 6.07) is 15.2. The van der Waals surface area contributed by atoms with Gasteiger partial charge in [-0.3, -0.25) is 9.69 Å². The van der Waals surface area contributed by atoms with Gasteiger partial charge in [-0.15, -0.1) is 0 Å². The second-order valence-electron chi connectivity index (χ2n) is 6.34. The number of benzene rings is 2. The zero-order valence-electron chi connectivity index (χ0n) is 14.6. The molecule has 1 aliphatic heterocycles. The van der Waals surface area contributed by atoms with E-state index in [0.29, 0.717) is 12.0 Å². The molecule has 0 saturated heterocycles. The number of hydrogen-bond donors (Lipinski definition) is 0. The zero-order valence-corrected chi connectivity index (χ0v) is 15.4. The topological polar surface area (TPSA) is 37.4 Å². The molecule has 0 aliphatic carbocycles. The van der Waals surface area contributed by atoms with E-state index in [1.165, 1.54) is 24.3 Å². The second kappa shape index (κ2) is 9.01. The van der Waals surface area contributed by atoms with Gasteiger partial charge in [0.2, 0.25) is 0 Å². The maximum absolute atomic E-state index is 12.9. The van der Waals surface area contributed by atoms with Crippen molar-refractivity contribution in [2.24, 2.45) is 0 Å². The van der Waals surface area contributed by atoms with Crippen LogP contribution in [0.4, 0.5) is 4.39 Å². The number of Topliss-reactive ketones (excluding diaryl/α,β-unsaturated/α-hetero) is 1. The highest BCUT2D eigenvalue weighted by Crippen LogP contribution is 2.21. The lowest BCUT2D eigenvalue weighted by atomic mass is 10.1. The second-order valence-corrected chi connectivity index (χ2v) is 7.87. The molecule has 2 aromatic rings. The summed E-state index contributed by atoms with van der Waals surface area (Å²) in [5.41, 5.74) is 0.561. The minimum absolute atomic E-state index is 0.0448. The smallest absolute Gasteiger partial charge is 0.162 e. The molecule has 2 aromatic carbocycles. The molecule has 1 atom stereocenters. The Balaban J connectivity index is 1.45. The first kappa shape index (κ1) is 18.7. The first-order valence-corrected chi connectivity index (χ1v) is 9.95. The Morgan fingerprint density at radius 2 is 1.81 bits per heavy atom. The lowest BCUT2D eigenvalue weighted by molar-refractivity contribution is 0.0975. The molecule has 0 saturated carbocycles. The van der Waals surface area contributed by atoms with Crippen molar-refractivity contribution in [2.45, 2.75) is 24.2 Å². The maximum atomic E-state index is 12.9. The van der Waals surface area contributed by atoms with Crippen LogP contribution in [-0.4, -0.2) is 34.5 Å². The number of carbonyl (C=O) groups excluding carboxylic acids is 1. The summed E-state index contributed by atoms with van der Waals surface area (Å²) < 4.78 is 25.4. The van der Waals surface area contributed by atoms with Crippen LogP contribution in [0.25, 0.3) is 0 Å². The van der Waals surface area contributed by atoms with Crippen molar-refractivity contribution in [3.63, 3.8) is 0 Å². The van der Waals surface area contributed by atoms with E-state index in [1.54, 1.807) is 0 Å². The van der Waals surface area contributed by atoms with Gasteiger partial charge in [-0.2, -0.15) is 0 Å². The van der Waals surface area contributed by atoms with Gasteiger partial charge in [-0.1, -0.05) is 24.3 Å². The van der Waals surface area contributed by atoms with E-state index in [4.69, 9.17) is 0 Å². The predicted octanol–water partition coefficient (Wildman–Crippen LogP) is 4.19.